The van der Waals surface area contributed by atoms with Gasteiger partial charge in [-0.05, 0) is 12.3 Å². The molecule has 0 bridgehead atoms. The van der Waals surface area contributed by atoms with Gasteiger partial charge in [0.15, 0.2) is 0 Å². The van der Waals surface area contributed by atoms with E-state index in [0.29, 0.717) is 6.42 Å². The molecule has 0 rings (SSSR count). The van der Waals surface area contributed by atoms with E-state index in [4.69, 9.17) is 0 Å². The third kappa shape index (κ3) is 21.6. The fourth-order valence-corrected chi connectivity index (χ4v) is 3.88. The Kier molecular flexibility index (Phi) is 21.3. The van der Waals surface area contributed by atoms with Gasteiger partial charge in [0, 0.05) is 6.42 Å². The summed E-state index contributed by atoms with van der Waals surface area (Å²) in [6, 6.07) is 0. The van der Waals surface area contributed by atoms with Crippen molar-refractivity contribution < 1.29 is 9.53 Å². The number of rotatable bonds is 21. The zero-order valence-corrected chi connectivity index (χ0v) is 19.0. The second-order valence-corrected chi connectivity index (χ2v) is 8.67. The Morgan fingerprint density at radius 1 is 0.630 bits per heavy atom. The van der Waals surface area contributed by atoms with Gasteiger partial charge in [-0.1, -0.05) is 129 Å². The van der Waals surface area contributed by atoms with Gasteiger partial charge in [-0.25, -0.2) is 0 Å². The van der Waals surface area contributed by atoms with Crippen molar-refractivity contribution in [3.63, 3.8) is 0 Å². The predicted octanol–water partition coefficient (Wildman–Crippen LogP) is 8.62. The first-order valence-corrected chi connectivity index (χ1v) is 12.3. The topological polar surface area (TPSA) is 26.3 Å². The van der Waals surface area contributed by atoms with E-state index in [1.165, 1.54) is 116 Å². The van der Waals surface area contributed by atoms with Gasteiger partial charge in [-0.15, -0.1) is 0 Å². The van der Waals surface area contributed by atoms with Crippen LogP contribution in [0.5, 0.6) is 0 Å². The highest BCUT2D eigenvalue weighted by Gasteiger charge is 2.05. The third-order valence-corrected chi connectivity index (χ3v) is 5.86. The van der Waals surface area contributed by atoms with Crippen LogP contribution in [0.4, 0.5) is 0 Å². The summed E-state index contributed by atoms with van der Waals surface area (Å²) in [5.41, 5.74) is 0. The minimum Gasteiger partial charge on any atom is -0.469 e. The molecule has 0 heterocycles. The monoisotopic (exact) mass is 382 g/mol. The molecular weight excluding hydrogens is 332 g/mol. The van der Waals surface area contributed by atoms with Crippen LogP contribution in [0.2, 0.25) is 0 Å². The first kappa shape index (κ1) is 26.5. The molecule has 0 N–H and O–H groups in total. The molecule has 0 aromatic rings. The van der Waals surface area contributed by atoms with Crippen LogP contribution in [0.3, 0.4) is 0 Å². The molecule has 0 spiro atoms. The van der Waals surface area contributed by atoms with E-state index in [-0.39, 0.29) is 5.97 Å². The van der Waals surface area contributed by atoms with Crippen LogP contribution in [0.15, 0.2) is 0 Å². The first-order chi connectivity index (χ1) is 13.2. The molecule has 0 aliphatic rings. The Morgan fingerprint density at radius 2 is 1.00 bits per heavy atom. The zero-order chi connectivity index (χ0) is 20.0. The molecule has 0 aliphatic carbocycles. The van der Waals surface area contributed by atoms with E-state index in [2.05, 4.69) is 18.6 Å². The van der Waals surface area contributed by atoms with Gasteiger partial charge in [-0.3, -0.25) is 4.79 Å². The van der Waals surface area contributed by atoms with Crippen LogP contribution < -0.4 is 0 Å². The molecule has 0 amide bonds. The standard InChI is InChI=1S/C25H50O2/c1-4-5-6-7-8-9-10-11-12-13-14-15-16-17-18-19-21-24(2)22-20-23-25(26)27-3/h24H,4-23H2,1-3H3. The molecule has 1 unspecified atom stereocenters. The summed E-state index contributed by atoms with van der Waals surface area (Å²) in [7, 11) is 1.47. The number of unbranched alkanes of at least 4 members (excludes halogenated alkanes) is 15. The van der Waals surface area contributed by atoms with Crippen molar-refractivity contribution in [1.29, 1.82) is 0 Å². The molecule has 0 aromatic heterocycles. The van der Waals surface area contributed by atoms with Crippen LogP contribution in [0.25, 0.3) is 0 Å². The smallest absolute Gasteiger partial charge is 0.305 e. The van der Waals surface area contributed by atoms with E-state index < -0.39 is 0 Å². The molecule has 2 nitrogen and oxygen atoms in total. The van der Waals surface area contributed by atoms with Crippen molar-refractivity contribution in [3.8, 4) is 0 Å². The summed E-state index contributed by atoms with van der Waals surface area (Å²) < 4.78 is 4.69. The van der Waals surface area contributed by atoms with Crippen molar-refractivity contribution in [2.75, 3.05) is 7.11 Å². The van der Waals surface area contributed by atoms with Crippen molar-refractivity contribution in [1.82, 2.24) is 0 Å². The van der Waals surface area contributed by atoms with E-state index in [9.17, 15) is 4.79 Å². The highest BCUT2D eigenvalue weighted by molar-refractivity contribution is 5.68. The summed E-state index contributed by atoms with van der Waals surface area (Å²) in [4.78, 5) is 11.1. The number of carbonyl (C=O) groups excluding carboxylic acids is 1. The Balaban J connectivity index is 3.13. The molecule has 0 radical (unpaired) electrons. The van der Waals surface area contributed by atoms with Gasteiger partial charge in [0.1, 0.15) is 0 Å². The third-order valence-electron chi connectivity index (χ3n) is 5.86. The fourth-order valence-electron chi connectivity index (χ4n) is 3.88. The van der Waals surface area contributed by atoms with Crippen LogP contribution >= 0.6 is 0 Å². The summed E-state index contributed by atoms with van der Waals surface area (Å²) in [6.45, 7) is 4.61. The average Bonchev–Trinajstić information content (AvgIpc) is 2.67. The Labute approximate surface area is 171 Å². The predicted molar refractivity (Wildman–Crippen MR) is 119 cm³/mol. The number of ether oxygens (including phenoxy) is 1. The number of esters is 1. The van der Waals surface area contributed by atoms with Crippen molar-refractivity contribution in [2.45, 2.75) is 142 Å². The maximum absolute atomic E-state index is 11.1. The second-order valence-electron chi connectivity index (χ2n) is 8.67. The maximum atomic E-state index is 11.1. The van der Waals surface area contributed by atoms with Crippen molar-refractivity contribution >= 4 is 5.97 Å². The Morgan fingerprint density at radius 3 is 1.41 bits per heavy atom. The summed E-state index contributed by atoms with van der Waals surface area (Å²) >= 11 is 0. The van der Waals surface area contributed by atoms with Crippen LogP contribution in [-0.4, -0.2) is 13.1 Å². The summed E-state index contributed by atoms with van der Waals surface area (Å²) in [6.07, 6.45) is 27.0. The molecule has 1 atom stereocenters. The molecule has 0 aliphatic heterocycles. The van der Waals surface area contributed by atoms with Gasteiger partial charge in [0.25, 0.3) is 0 Å². The molecule has 27 heavy (non-hydrogen) atoms. The van der Waals surface area contributed by atoms with Gasteiger partial charge in [0.2, 0.25) is 0 Å². The highest BCUT2D eigenvalue weighted by Crippen LogP contribution is 2.18. The lowest BCUT2D eigenvalue weighted by molar-refractivity contribution is -0.140. The lowest BCUT2D eigenvalue weighted by Crippen LogP contribution is -2.02. The minimum atomic E-state index is -0.0652. The molecule has 0 saturated carbocycles. The summed E-state index contributed by atoms with van der Waals surface area (Å²) in [5.74, 6) is 0.686. The molecule has 2 heteroatoms. The average molecular weight is 383 g/mol. The first-order valence-electron chi connectivity index (χ1n) is 12.3. The number of carbonyl (C=O) groups is 1. The minimum absolute atomic E-state index is 0.0652. The Bertz CT molecular complexity index is 301. The van der Waals surface area contributed by atoms with E-state index in [1.54, 1.807) is 0 Å². The van der Waals surface area contributed by atoms with Gasteiger partial charge < -0.3 is 4.74 Å². The van der Waals surface area contributed by atoms with E-state index >= 15 is 0 Å². The maximum Gasteiger partial charge on any atom is 0.305 e. The van der Waals surface area contributed by atoms with E-state index in [1.807, 2.05) is 0 Å². The zero-order valence-electron chi connectivity index (χ0n) is 19.0. The van der Waals surface area contributed by atoms with Gasteiger partial charge in [0.05, 0.1) is 7.11 Å². The number of hydrogen-bond acceptors (Lipinski definition) is 2. The van der Waals surface area contributed by atoms with Crippen LogP contribution in [0, 0.1) is 5.92 Å². The normalized spacial score (nSPS) is 12.3. The second kappa shape index (κ2) is 21.8. The molecule has 162 valence electrons. The van der Waals surface area contributed by atoms with Gasteiger partial charge in [-0.2, -0.15) is 0 Å². The SMILES string of the molecule is CCCCCCCCCCCCCCCCCCC(C)CCCC(=O)OC. The van der Waals surface area contributed by atoms with Gasteiger partial charge >= 0.3 is 5.97 Å². The fraction of sp³-hybridized carbons (Fsp3) is 0.960. The van der Waals surface area contributed by atoms with Crippen LogP contribution in [-0.2, 0) is 9.53 Å². The van der Waals surface area contributed by atoms with Crippen molar-refractivity contribution in [3.05, 3.63) is 0 Å². The quantitative estimate of drug-likeness (QED) is 0.147. The Hall–Kier alpha value is -0.530. The number of hydrogen-bond donors (Lipinski definition) is 0. The molecule has 0 aromatic carbocycles. The molecule has 0 saturated heterocycles. The van der Waals surface area contributed by atoms with E-state index in [0.717, 1.165) is 18.8 Å². The molecule has 0 fully saturated rings. The van der Waals surface area contributed by atoms with Crippen molar-refractivity contribution in [2.24, 2.45) is 5.92 Å². The lowest BCUT2D eigenvalue weighted by atomic mass is 9.96. The largest absolute Gasteiger partial charge is 0.469 e. The molecular formula is C25H50O2. The number of methoxy groups -OCH3 is 1. The lowest BCUT2D eigenvalue weighted by Gasteiger charge is -2.10. The van der Waals surface area contributed by atoms with Crippen LogP contribution in [0.1, 0.15) is 142 Å². The highest BCUT2D eigenvalue weighted by atomic mass is 16.5. The summed E-state index contributed by atoms with van der Waals surface area (Å²) in [5, 5.41) is 0.